The molecule has 0 aliphatic carbocycles. The molecule has 23 rings (SSSR count). The maximum Gasteiger partial charge on any atom is 0.187 e. The zero-order chi connectivity index (χ0) is 52.6. The molecule has 0 spiro atoms. The Morgan fingerprint density at radius 1 is 0.288 bits per heavy atom. The van der Waals surface area contributed by atoms with Crippen LogP contribution in [0.4, 0.5) is 0 Å². The van der Waals surface area contributed by atoms with Crippen molar-refractivity contribution in [2.75, 3.05) is 39.6 Å². The van der Waals surface area contributed by atoms with Gasteiger partial charge in [-0.2, -0.15) is 0 Å². The molecule has 12 bridgehead atoms. The summed E-state index contributed by atoms with van der Waals surface area (Å²) in [5.74, 6) is 0. The summed E-state index contributed by atoms with van der Waals surface area (Å²) in [5.41, 5.74) is 0.565. The zero-order valence-electron chi connectivity index (χ0n) is 38.6. The molecule has 0 aromatic heterocycles. The summed E-state index contributed by atoms with van der Waals surface area (Å²) in [5, 5.41) is 188. The van der Waals surface area contributed by atoms with E-state index in [4.69, 9.17) is 61.6 Å². The molecule has 22 aliphatic rings. The summed E-state index contributed by atoms with van der Waals surface area (Å²) >= 11 is 0. The van der Waals surface area contributed by atoms with Crippen molar-refractivity contribution in [3.05, 3.63) is 35.9 Å². The molecule has 0 amide bonds. The first kappa shape index (κ1) is 57.2. The predicted molar refractivity (Wildman–Crippen MR) is 225 cm³/mol. The van der Waals surface area contributed by atoms with E-state index in [-0.39, 0.29) is 6.61 Å². The average Bonchev–Trinajstić information content (AvgIpc) is 3.39. The number of hydrogen-bond acceptors (Lipinski definition) is 30. The average molecular weight is 1060 g/mol. The fourth-order valence-electron chi connectivity index (χ4n) is 9.87. The van der Waals surface area contributed by atoms with Gasteiger partial charge < -0.3 is 148 Å². The largest absolute Gasteiger partial charge is 0.394 e. The third kappa shape index (κ3) is 11.6. The minimum atomic E-state index is -2.15. The van der Waals surface area contributed by atoms with Gasteiger partial charge in [0.25, 0.3) is 0 Å². The van der Waals surface area contributed by atoms with E-state index in [1.54, 1.807) is 30.3 Å². The van der Waals surface area contributed by atoms with Crippen LogP contribution in [0.5, 0.6) is 0 Å². The standard InChI is InChI=1S/C43H66O30/c44-6-14-31-20(50)25(55)38(62-14)69-32-15(7-45)64-40(27(57)22(32)52)71-34-17(9-47)66-42(29(59)24(34)54)73-36-19(11-49)67-43(30(60)37(36)61-12-13-4-2-1-3-5-13)72-35-18(10-48)65-41(28(58)23(35)53)70-33-16(8-46)63-39(68-31)26(56)21(33)51/h1-5,14-60H,6-12H2/t14-,15-,16-,17-,18-,19-,20-,21-,22-,23-,24-,25-,26-,27-,28-,29-,30-,31-,32-,33-,34-,35-,36+,37-,38-,39-,40-,41-,42-,43-/m1/s1. The maximum atomic E-state index is 11.9. The van der Waals surface area contributed by atoms with Crippen LogP contribution in [0.3, 0.4) is 0 Å². The van der Waals surface area contributed by atoms with Gasteiger partial charge in [0.1, 0.15) is 146 Å². The number of hydrogen-bond donors (Lipinski definition) is 17. The van der Waals surface area contributed by atoms with Crippen LogP contribution in [0.15, 0.2) is 30.3 Å². The Morgan fingerprint density at radius 2 is 0.521 bits per heavy atom. The van der Waals surface area contributed by atoms with E-state index in [2.05, 4.69) is 0 Å². The maximum absolute atomic E-state index is 11.9. The van der Waals surface area contributed by atoms with Crippen LogP contribution in [0.1, 0.15) is 5.56 Å². The second-order valence-corrected chi connectivity index (χ2v) is 18.6. The van der Waals surface area contributed by atoms with Crippen LogP contribution in [0, 0.1) is 0 Å². The first-order valence-electron chi connectivity index (χ1n) is 23.6. The minimum Gasteiger partial charge on any atom is -0.394 e. The van der Waals surface area contributed by atoms with Gasteiger partial charge in [-0.1, -0.05) is 30.3 Å². The van der Waals surface area contributed by atoms with Crippen molar-refractivity contribution in [3.63, 3.8) is 0 Å². The summed E-state index contributed by atoms with van der Waals surface area (Å²) in [6.07, 6.45) is -57.3. The topological polar surface area (TPSA) is 464 Å². The molecular weight excluding hydrogens is 996 g/mol. The van der Waals surface area contributed by atoms with Crippen LogP contribution in [0.2, 0.25) is 0 Å². The summed E-state index contributed by atoms with van der Waals surface area (Å²) < 4.78 is 75.8. The highest BCUT2D eigenvalue weighted by Crippen LogP contribution is 2.38. The predicted octanol–water partition coefficient (Wildman–Crippen LogP) is -10.8. The lowest BCUT2D eigenvalue weighted by atomic mass is 9.94. The Hall–Kier alpha value is -1.98. The second kappa shape index (κ2) is 24.8. The highest BCUT2D eigenvalue weighted by molar-refractivity contribution is 5.14. The summed E-state index contributed by atoms with van der Waals surface area (Å²) in [4.78, 5) is 0. The van der Waals surface area contributed by atoms with E-state index in [0.717, 1.165) is 0 Å². The van der Waals surface area contributed by atoms with Gasteiger partial charge in [-0.25, -0.2) is 0 Å². The molecule has 1 aromatic carbocycles. The van der Waals surface area contributed by atoms with Gasteiger partial charge in [-0.3, -0.25) is 0 Å². The number of rotatable bonds is 9. The van der Waals surface area contributed by atoms with Gasteiger partial charge in [0.2, 0.25) is 0 Å². The second-order valence-electron chi connectivity index (χ2n) is 18.6. The smallest absolute Gasteiger partial charge is 0.187 e. The quantitative estimate of drug-likeness (QED) is 0.109. The van der Waals surface area contributed by atoms with Crippen molar-refractivity contribution in [2.24, 2.45) is 0 Å². The van der Waals surface area contributed by atoms with Gasteiger partial charge in [0.05, 0.1) is 46.2 Å². The monoisotopic (exact) mass is 1060 g/mol. The molecule has 30 heteroatoms. The zero-order valence-corrected chi connectivity index (χ0v) is 38.6. The number of benzene rings is 1. The van der Waals surface area contributed by atoms with Crippen molar-refractivity contribution < 1.29 is 148 Å². The Bertz CT molecular complexity index is 1830. The fraction of sp³-hybridized carbons (Fsp3) is 0.860. The van der Waals surface area contributed by atoms with Crippen molar-refractivity contribution in [1.29, 1.82) is 0 Å². The molecule has 73 heavy (non-hydrogen) atoms. The van der Waals surface area contributed by atoms with Crippen LogP contribution in [0.25, 0.3) is 0 Å². The lowest BCUT2D eigenvalue weighted by Gasteiger charge is -2.51. The lowest BCUT2D eigenvalue weighted by molar-refractivity contribution is -0.405. The minimum absolute atomic E-state index is 0.241. The third-order valence-electron chi connectivity index (χ3n) is 13.9. The summed E-state index contributed by atoms with van der Waals surface area (Å²) in [6, 6.07) is 8.45. The Morgan fingerprint density at radius 3 is 0.781 bits per heavy atom. The molecule has 22 fully saturated rings. The van der Waals surface area contributed by atoms with Gasteiger partial charge in [0, 0.05) is 0 Å². The molecule has 1 aromatic rings. The Balaban J connectivity index is 1.12. The van der Waals surface area contributed by atoms with Crippen LogP contribution < -0.4 is 0 Å². The molecule has 30 atom stereocenters. The third-order valence-corrected chi connectivity index (χ3v) is 13.9. The lowest BCUT2D eigenvalue weighted by Crippen LogP contribution is -2.69. The van der Waals surface area contributed by atoms with E-state index in [0.29, 0.717) is 5.56 Å². The van der Waals surface area contributed by atoms with Crippen molar-refractivity contribution in [1.82, 2.24) is 0 Å². The Kier molecular flexibility index (Phi) is 19.4. The molecule has 30 nitrogen and oxygen atoms in total. The molecule has 0 radical (unpaired) electrons. The Labute approximate surface area is 414 Å². The van der Waals surface area contributed by atoms with Gasteiger partial charge in [-0.15, -0.1) is 0 Å². The first-order chi connectivity index (χ1) is 35.0. The molecule has 0 saturated carbocycles. The van der Waals surface area contributed by atoms with Crippen LogP contribution in [-0.2, 0) is 68.2 Å². The first-order valence-corrected chi connectivity index (χ1v) is 23.6. The number of ether oxygens (including phenoxy) is 13. The number of aliphatic hydroxyl groups excluding tert-OH is 17. The van der Waals surface area contributed by atoms with Crippen molar-refractivity contribution in [2.45, 2.75) is 191 Å². The fourth-order valence-corrected chi connectivity index (χ4v) is 9.87. The van der Waals surface area contributed by atoms with E-state index >= 15 is 0 Å². The highest BCUT2D eigenvalue weighted by atomic mass is 16.8. The molecular formula is C43H66O30. The molecule has 22 aliphatic heterocycles. The van der Waals surface area contributed by atoms with E-state index < -0.39 is 224 Å². The number of aliphatic hydroxyl groups is 17. The summed E-state index contributed by atoms with van der Waals surface area (Å²) in [7, 11) is 0. The van der Waals surface area contributed by atoms with Crippen molar-refractivity contribution in [3.8, 4) is 0 Å². The van der Waals surface area contributed by atoms with Crippen LogP contribution in [-0.4, -0.2) is 311 Å². The van der Waals surface area contributed by atoms with E-state index in [1.807, 2.05) is 0 Å². The van der Waals surface area contributed by atoms with Gasteiger partial charge in [-0.05, 0) is 5.56 Å². The van der Waals surface area contributed by atoms with Crippen molar-refractivity contribution >= 4 is 0 Å². The van der Waals surface area contributed by atoms with Crippen LogP contribution >= 0.6 is 0 Å². The molecule has 22 saturated heterocycles. The molecule has 17 N–H and O–H groups in total. The van der Waals surface area contributed by atoms with E-state index in [1.165, 1.54) is 0 Å². The molecule has 0 unspecified atom stereocenters. The SMILES string of the molecule is OC[C@H]1O[C@@H]2O[C@H]3[C@H](O)[C@@H](O)[C@@H](O[C@H]4[C@H](O)[C@@H](O)[C@@H](O[C@H]5[C@H](O)[C@@H](O)[C@@H](O[C@H]6[C@H](O)[C@@H](O)[C@@H](O[C@H]7[C@H](O)[C@@H](O)[C@@H](O[C@@H]1[C@H](OCc1ccccc1)[C@H]2O)O[C@@H]7CO)O[C@@H]6CO)O[C@@H]5CO)O[C@@H]4CO)O[C@@H]3CO. The van der Waals surface area contributed by atoms with Gasteiger partial charge in [0.15, 0.2) is 37.7 Å². The van der Waals surface area contributed by atoms with E-state index in [9.17, 15) is 86.8 Å². The normalized spacial score (nSPS) is 51.1. The molecule has 22 heterocycles. The van der Waals surface area contributed by atoms with Gasteiger partial charge >= 0.3 is 0 Å². The summed E-state index contributed by atoms with van der Waals surface area (Å²) in [6.45, 7) is -6.12. The highest BCUT2D eigenvalue weighted by Gasteiger charge is 2.59. The molecule has 418 valence electrons.